The fraction of sp³-hybridized carbons (Fsp3) is 0.188. The van der Waals surface area contributed by atoms with E-state index in [4.69, 9.17) is 9.68 Å². The lowest BCUT2D eigenvalue weighted by Gasteiger charge is -2.13. The molecule has 2 rings (SSSR count). The van der Waals surface area contributed by atoms with Gasteiger partial charge in [-0.25, -0.2) is 9.59 Å². The highest BCUT2D eigenvalue weighted by Gasteiger charge is 2.26. The number of aliphatic carboxylic acids is 1. The van der Waals surface area contributed by atoms with Gasteiger partial charge < -0.3 is 19.6 Å². The van der Waals surface area contributed by atoms with Crippen LogP contribution in [0.4, 0.5) is 5.69 Å². The molecule has 0 aliphatic heterocycles. The SMILES string of the molecule is COC(=O)c1cc(C(Nc2ccc(C#N)cc2)C(=O)O)oc1C. The summed E-state index contributed by atoms with van der Waals surface area (Å²) in [7, 11) is 1.23. The molecule has 0 amide bonds. The second-order valence-corrected chi connectivity index (χ2v) is 4.71. The van der Waals surface area contributed by atoms with Gasteiger partial charge in [0.1, 0.15) is 17.1 Å². The third kappa shape index (κ3) is 3.49. The molecule has 1 aromatic carbocycles. The van der Waals surface area contributed by atoms with Crippen molar-refractivity contribution in [2.75, 3.05) is 12.4 Å². The molecule has 7 heteroatoms. The molecule has 0 aliphatic carbocycles. The van der Waals surface area contributed by atoms with Crippen LogP contribution >= 0.6 is 0 Å². The molecule has 0 saturated carbocycles. The quantitative estimate of drug-likeness (QED) is 0.815. The number of aryl methyl sites for hydroxylation is 1. The Morgan fingerprint density at radius 1 is 1.35 bits per heavy atom. The Bertz CT molecular complexity index is 771. The molecular weight excluding hydrogens is 300 g/mol. The maximum absolute atomic E-state index is 11.6. The molecule has 0 radical (unpaired) electrons. The van der Waals surface area contributed by atoms with Crippen molar-refractivity contribution in [3.05, 3.63) is 53.0 Å². The average Bonchev–Trinajstić information content (AvgIpc) is 2.93. The van der Waals surface area contributed by atoms with Crippen LogP contribution in [0.3, 0.4) is 0 Å². The summed E-state index contributed by atoms with van der Waals surface area (Å²) in [6, 6.07) is 8.45. The molecule has 2 N–H and O–H groups in total. The number of hydrogen-bond acceptors (Lipinski definition) is 6. The Balaban J connectivity index is 2.30. The topological polar surface area (TPSA) is 113 Å². The van der Waals surface area contributed by atoms with Crippen LogP contribution in [0.2, 0.25) is 0 Å². The molecule has 0 spiro atoms. The van der Waals surface area contributed by atoms with Crippen molar-refractivity contribution in [1.29, 1.82) is 5.26 Å². The number of rotatable bonds is 5. The van der Waals surface area contributed by atoms with Gasteiger partial charge in [0.05, 0.1) is 18.7 Å². The van der Waals surface area contributed by atoms with E-state index in [0.29, 0.717) is 11.3 Å². The predicted molar refractivity (Wildman–Crippen MR) is 79.9 cm³/mol. The molecule has 118 valence electrons. The van der Waals surface area contributed by atoms with E-state index < -0.39 is 18.0 Å². The Morgan fingerprint density at radius 2 is 2.00 bits per heavy atom. The van der Waals surface area contributed by atoms with Crippen molar-refractivity contribution in [2.24, 2.45) is 0 Å². The molecule has 0 aliphatic rings. The van der Waals surface area contributed by atoms with Gasteiger partial charge in [0.25, 0.3) is 0 Å². The molecule has 0 bridgehead atoms. The van der Waals surface area contributed by atoms with Gasteiger partial charge in [0.15, 0.2) is 6.04 Å². The summed E-state index contributed by atoms with van der Waals surface area (Å²) in [5, 5.41) is 20.9. The predicted octanol–water partition coefficient (Wildman–Crippen LogP) is 2.48. The minimum atomic E-state index is -1.18. The zero-order chi connectivity index (χ0) is 17.0. The fourth-order valence-corrected chi connectivity index (χ4v) is 2.02. The molecule has 2 aromatic rings. The number of ether oxygens (including phenoxy) is 1. The van der Waals surface area contributed by atoms with Crippen LogP contribution in [0.15, 0.2) is 34.7 Å². The summed E-state index contributed by atoms with van der Waals surface area (Å²) in [5.41, 5.74) is 1.14. The van der Waals surface area contributed by atoms with E-state index in [9.17, 15) is 14.7 Å². The van der Waals surface area contributed by atoms with E-state index >= 15 is 0 Å². The van der Waals surface area contributed by atoms with Crippen molar-refractivity contribution >= 4 is 17.6 Å². The Kier molecular flexibility index (Phi) is 4.66. The highest BCUT2D eigenvalue weighted by atomic mass is 16.5. The maximum Gasteiger partial charge on any atom is 0.341 e. The van der Waals surface area contributed by atoms with Crippen LogP contribution in [0, 0.1) is 18.3 Å². The number of anilines is 1. The van der Waals surface area contributed by atoms with E-state index in [1.807, 2.05) is 6.07 Å². The van der Waals surface area contributed by atoms with E-state index in [0.717, 1.165) is 0 Å². The zero-order valence-electron chi connectivity index (χ0n) is 12.5. The number of carboxylic acids is 1. The monoisotopic (exact) mass is 314 g/mol. The van der Waals surface area contributed by atoms with Gasteiger partial charge in [-0.15, -0.1) is 0 Å². The van der Waals surface area contributed by atoms with Crippen LogP contribution in [0.25, 0.3) is 0 Å². The summed E-state index contributed by atoms with van der Waals surface area (Å²) < 4.78 is 10.00. The Hall–Kier alpha value is -3.27. The first-order valence-corrected chi connectivity index (χ1v) is 6.64. The number of hydrogen-bond donors (Lipinski definition) is 2. The molecule has 0 saturated heterocycles. The first kappa shape index (κ1) is 16.1. The number of furan rings is 1. The largest absolute Gasteiger partial charge is 0.479 e. The molecule has 0 fully saturated rings. The third-order valence-electron chi connectivity index (χ3n) is 3.20. The standard InChI is InChI=1S/C16H14N2O5/c1-9-12(16(21)22-2)7-13(23-9)14(15(19)20)18-11-5-3-10(8-17)4-6-11/h3-7,14,18H,1-2H3,(H,19,20). The van der Waals surface area contributed by atoms with Gasteiger partial charge in [-0.3, -0.25) is 0 Å². The molecule has 7 nitrogen and oxygen atoms in total. The summed E-state index contributed by atoms with van der Waals surface area (Å²) in [5.74, 6) is -1.40. The first-order chi connectivity index (χ1) is 11.0. The number of esters is 1. The normalized spacial score (nSPS) is 11.3. The lowest BCUT2D eigenvalue weighted by atomic mass is 10.1. The van der Waals surface area contributed by atoms with Gasteiger partial charge in [-0.05, 0) is 37.3 Å². The number of nitrogens with zero attached hydrogens (tertiary/aromatic N) is 1. The van der Waals surface area contributed by atoms with Crippen molar-refractivity contribution < 1.29 is 23.8 Å². The number of methoxy groups -OCH3 is 1. The summed E-state index contributed by atoms with van der Waals surface area (Å²) in [6.45, 7) is 1.55. The highest BCUT2D eigenvalue weighted by molar-refractivity contribution is 5.91. The summed E-state index contributed by atoms with van der Waals surface area (Å²) in [4.78, 5) is 23.1. The van der Waals surface area contributed by atoms with Crippen LogP contribution in [-0.4, -0.2) is 24.2 Å². The summed E-state index contributed by atoms with van der Waals surface area (Å²) >= 11 is 0. The molecule has 1 aromatic heterocycles. The second kappa shape index (κ2) is 6.66. The van der Waals surface area contributed by atoms with Crippen molar-refractivity contribution in [1.82, 2.24) is 0 Å². The average molecular weight is 314 g/mol. The molecular formula is C16H14N2O5. The molecule has 23 heavy (non-hydrogen) atoms. The second-order valence-electron chi connectivity index (χ2n) is 4.71. The van der Waals surface area contributed by atoms with Crippen molar-refractivity contribution in [2.45, 2.75) is 13.0 Å². The smallest absolute Gasteiger partial charge is 0.341 e. The number of carbonyl (C=O) groups is 2. The lowest BCUT2D eigenvalue weighted by Crippen LogP contribution is -2.20. The lowest BCUT2D eigenvalue weighted by molar-refractivity contribution is -0.138. The third-order valence-corrected chi connectivity index (χ3v) is 3.20. The van der Waals surface area contributed by atoms with Gasteiger partial charge in [0, 0.05) is 5.69 Å². The van der Waals surface area contributed by atoms with Crippen molar-refractivity contribution in [3.63, 3.8) is 0 Å². The zero-order valence-corrected chi connectivity index (χ0v) is 12.5. The highest BCUT2D eigenvalue weighted by Crippen LogP contribution is 2.25. The maximum atomic E-state index is 11.6. The van der Waals surface area contributed by atoms with Crippen molar-refractivity contribution in [3.8, 4) is 6.07 Å². The number of carboxylic acid groups (broad SMARTS) is 1. The van der Waals surface area contributed by atoms with Gasteiger partial charge in [0.2, 0.25) is 0 Å². The Labute approximate surface area is 132 Å². The minimum Gasteiger partial charge on any atom is -0.479 e. The van der Waals surface area contributed by atoms with E-state index in [-0.39, 0.29) is 17.1 Å². The molecule has 1 heterocycles. The summed E-state index contributed by atoms with van der Waals surface area (Å²) in [6.07, 6.45) is 0. The van der Waals surface area contributed by atoms with E-state index in [1.165, 1.54) is 13.2 Å². The Morgan fingerprint density at radius 3 is 2.52 bits per heavy atom. The minimum absolute atomic E-state index is 0.0831. The molecule has 1 atom stereocenters. The van der Waals surface area contributed by atoms with Crippen LogP contribution in [-0.2, 0) is 9.53 Å². The van der Waals surface area contributed by atoms with E-state index in [1.54, 1.807) is 31.2 Å². The number of benzene rings is 1. The van der Waals surface area contributed by atoms with Crippen LogP contribution in [0.5, 0.6) is 0 Å². The van der Waals surface area contributed by atoms with Gasteiger partial charge in [-0.1, -0.05) is 0 Å². The van der Waals surface area contributed by atoms with Crippen LogP contribution < -0.4 is 5.32 Å². The molecule has 1 unspecified atom stereocenters. The first-order valence-electron chi connectivity index (χ1n) is 6.64. The number of nitrogens with one attached hydrogen (secondary N) is 1. The number of carbonyl (C=O) groups excluding carboxylic acids is 1. The van der Waals surface area contributed by atoms with Crippen LogP contribution in [0.1, 0.15) is 33.5 Å². The fourth-order valence-electron chi connectivity index (χ4n) is 2.02. The van der Waals surface area contributed by atoms with E-state index in [2.05, 4.69) is 10.1 Å². The van der Waals surface area contributed by atoms with Gasteiger partial charge in [-0.2, -0.15) is 5.26 Å². The number of nitriles is 1. The van der Waals surface area contributed by atoms with Gasteiger partial charge >= 0.3 is 11.9 Å².